The van der Waals surface area contributed by atoms with Gasteiger partial charge in [-0.3, -0.25) is 0 Å². The van der Waals surface area contributed by atoms with Crippen molar-refractivity contribution in [2.75, 3.05) is 0 Å². The Bertz CT molecular complexity index is 122. The van der Waals surface area contributed by atoms with E-state index in [0.717, 1.165) is 12.3 Å². The van der Waals surface area contributed by atoms with Crippen LogP contribution in [-0.2, 0) is 0 Å². The van der Waals surface area contributed by atoms with E-state index >= 15 is 0 Å². The van der Waals surface area contributed by atoms with E-state index in [0.29, 0.717) is 0 Å². The minimum Gasteiger partial charge on any atom is -0.0533 e. The van der Waals surface area contributed by atoms with Crippen LogP contribution in [0.4, 0.5) is 0 Å². The fraction of sp³-hybridized carbons (Fsp3) is 0.933. The third-order valence-electron chi connectivity index (χ3n) is 3.84. The predicted octanol–water partition coefficient (Wildman–Crippen LogP) is 5.52. The van der Waals surface area contributed by atoms with Gasteiger partial charge in [0.05, 0.1) is 0 Å². The summed E-state index contributed by atoms with van der Waals surface area (Å²) in [7, 11) is 0. The monoisotopic (exact) mass is 209 g/mol. The molecule has 0 aromatic heterocycles. The van der Waals surface area contributed by atoms with Gasteiger partial charge in [0, 0.05) is 0 Å². The van der Waals surface area contributed by atoms with Gasteiger partial charge in [0.15, 0.2) is 0 Å². The number of hydrogen-bond acceptors (Lipinski definition) is 0. The highest BCUT2D eigenvalue weighted by molar-refractivity contribution is 4.66. The molecule has 1 saturated carbocycles. The molecular formula is C15H29. The molecule has 1 rings (SSSR count). The first-order valence-electron chi connectivity index (χ1n) is 7.22. The number of rotatable bonds is 9. The lowest BCUT2D eigenvalue weighted by Gasteiger charge is -2.07. The van der Waals surface area contributed by atoms with Crippen LogP contribution in [0, 0.1) is 12.8 Å². The zero-order valence-electron chi connectivity index (χ0n) is 10.5. The molecule has 0 amide bonds. The van der Waals surface area contributed by atoms with E-state index in [2.05, 4.69) is 6.92 Å². The third-order valence-corrected chi connectivity index (χ3v) is 3.84. The zero-order chi connectivity index (χ0) is 10.8. The van der Waals surface area contributed by atoms with E-state index in [1.165, 1.54) is 77.0 Å². The highest BCUT2D eigenvalue weighted by Gasteiger charge is 2.13. The van der Waals surface area contributed by atoms with Crippen LogP contribution < -0.4 is 0 Å². The topological polar surface area (TPSA) is 0 Å². The largest absolute Gasteiger partial charge is 0.0533 e. The van der Waals surface area contributed by atoms with Gasteiger partial charge in [-0.05, 0) is 5.92 Å². The van der Waals surface area contributed by atoms with E-state index in [1.807, 2.05) is 0 Å². The summed E-state index contributed by atoms with van der Waals surface area (Å²) in [4.78, 5) is 0. The van der Waals surface area contributed by atoms with Gasteiger partial charge >= 0.3 is 0 Å². The molecule has 0 nitrogen and oxygen atoms in total. The second kappa shape index (κ2) is 9.24. The summed E-state index contributed by atoms with van der Waals surface area (Å²) in [5, 5.41) is 0. The first-order chi connectivity index (χ1) is 7.43. The lowest BCUT2D eigenvalue weighted by Crippen LogP contribution is -1.92. The Labute approximate surface area is 96.8 Å². The molecule has 89 valence electrons. The molecule has 0 atom stereocenters. The fourth-order valence-corrected chi connectivity index (χ4v) is 2.79. The maximum absolute atomic E-state index is 3.88. The Balaban J connectivity index is 1.73. The molecule has 0 heteroatoms. The molecular weight excluding hydrogens is 180 g/mol. The van der Waals surface area contributed by atoms with Crippen LogP contribution >= 0.6 is 0 Å². The van der Waals surface area contributed by atoms with Gasteiger partial charge in [-0.15, -0.1) is 0 Å². The van der Waals surface area contributed by atoms with Crippen LogP contribution in [0.3, 0.4) is 0 Å². The Morgan fingerprint density at radius 2 is 1.27 bits per heavy atom. The summed E-state index contributed by atoms with van der Waals surface area (Å²) in [5.74, 6) is 1.11. The minimum atomic E-state index is 1.11. The molecule has 0 heterocycles. The molecule has 0 bridgehead atoms. The Morgan fingerprint density at radius 3 is 1.87 bits per heavy atom. The molecule has 1 radical (unpaired) electrons. The predicted molar refractivity (Wildman–Crippen MR) is 68.9 cm³/mol. The van der Waals surface area contributed by atoms with E-state index in [4.69, 9.17) is 0 Å². The van der Waals surface area contributed by atoms with Gasteiger partial charge < -0.3 is 0 Å². The lowest BCUT2D eigenvalue weighted by molar-refractivity contribution is 0.461. The molecule has 0 unspecified atom stereocenters. The normalized spacial score (nSPS) is 17.4. The second-order valence-corrected chi connectivity index (χ2v) is 5.27. The van der Waals surface area contributed by atoms with Crippen molar-refractivity contribution in [1.82, 2.24) is 0 Å². The Kier molecular flexibility index (Phi) is 8.05. The van der Waals surface area contributed by atoms with Crippen molar-refractivity contribution in [3.8, 4) is 0 Å². The summed E-state index contributed by atoms with van der Waals surface area (Å²) in [5.41, 5.74) is 0. The minimum absolute atomic E-state index is 1.11. The van der Waals surface area contributed by atoms with Gasteiger partial charge in [-0.25, -0.2) is 0 Å². The fourth-order valence-electron chi connectivity index (χ4n) is 2.79. The smallest absolute Gasteiger partial charge is 0.0414 e. The highest BCUT2D eigenvalue weighted by atomic mass is 14.2. The van der Waals surface area contributed by atoms with Crippen molar-refractivity contribution in [2.24, 2.45) is 5.92 Å². The summed E-state index contributed by atoms with van der Waals surface area (Å²) in [6, 6.07) is 0. The van der Waals surface area contributed by atoms with Crippen molar-refractivity contribution in [2.45, 2.75) is 83.5 Å². The van der Waals surface area contributed by atoms with Gasteiger partial charge in [0.1, 0.15) is 0 Å². The van der Waals surface area contributed by atoms with Crippen LogP contribution in [-0.4, -0.2) is 0 Å². The molecule has 15 heavy (non-hydrogen) atoms. The van der Waals surface area contributed by atoms with Crippen LogP contribution in [0.2, 0.25) is 0 Å². The molecule has 0 aliphatic heterocycles. The summed E-state index contributed by atoms with van der Waals surface area (Å²) in [6.45, 7) is 3.88. The average molecular weight is 209 g/mol. The van der Waals surface area contributed by atoms with Gasteiger partial charge in [-0.1, -0.05) is 90.4 Å². The number of hydrogen-bond donors (Lipinski definition) is 0. The third kappa shape index (κ3) is 6.98. The van der Waals surface area contributed by atoms with Gasteiger partial charge in [0.25, 0.3) is 0 Å². The second-order valence-electron chi connectivity index (χ2n) is 5.27. The van der Waals surface area contributed by atoms with E-state index in [-0.39, 0.29) is 0 Å². The summed E-state index contributed by atoms with van der Waals surface area (Å²) < 4.78 is 0. The maximum Gasteiger partial charge on any atom is -0.0414 e. The molecule has 0 saturated heterocycles. The first-order valence-corrected chi connectivity index (χ1v) is 7.22. The Morgan fingerprint density at radius 1 is 0.733 bits per heavy atom. The highest BCUT2D eigenvalue weighted by Crippen LogP contribution is 2.29. The lowest BCUT2D eigenvalue weighted by atomic mass is 9.99. The molecule has 1 aliphatic carbocycles. The van der Waals surface area contributed by atoms with Crippen LogP contribution in [0.5, 0.6) is 0 Å². The SMILES string of the molecule is [CH2]CCCCCCCCCC1CCCC1. The van der Waals surface area contributed by atoms with E-state index < -0.39 is 0 Å². The first kappa shape index (κ1) is 13.1. The van der Waals surface area contributed by atoms with Crippen molar-refractivity contribution in [3.63, 3.8) is 0 Å². The van der Waals surface area contributed by atoms with Crippen LogP contribution in [0.15, 0.2) is 0 Å². The van der Waals surface area contributed by atoms with Crippen LogP contribution in [0.25, 0.3) is 0 Å². The molecule has 0 aromatic carbocycles. The van der Waals surface area contributed by atoms with Crippen molar-refractivity contribution >= 4 is 0 Å². The van der Waals surface area contributed by atoms with Crippen molar-refractivity contribution < 1.29 is 0 Å². The number of unbranched alkanes of at least 4 members (excludes halogenated alkanes) is 7. The maximum atomic E-state index is 3.88. The van der Waals surface area contributed by atoms with Gasteiger partial charge in [0.2, 0.25) is 0 Å². The molecule has 0 aromatic rings. The summed E-state index contributed by atoms with van der Waals surface area (Å²) in [6.07, 6.45) is 18.8. The van der Waals surface area contributed by atoms with E-state index in [1.54, 1.807) is 0 Å². The quantitative estimate of drug-likeness (QED) is 0.438. The summed E-state index contributed by atoms with van der Waals surface area (Å²) >= 11 is 0. The van der Waals surface area contributed by atoms with Crippen molar-refractivity contribution in [3.05, 3.63) is 6.92 Å². The molecule has 1 aliphatic rings. The average Bonchev–Trinajstić information content (AvgIpc) is 2.75. The zero-order valence-corrected chi connectivity index (χ0v) is 10.5. The molecule has 1 fully saturated rings. The van der Waals surface area contributed by atoms with E-state index in [9.17, 15) is 0 Å². The molecule has 0 spiro atoms. The van der Waals surface area contributed by atoms with Gasteiger partial charge in [-0.2, -0.15) is 0 Å². The molecule has 0 N–H and O–H groups in total. The van der Waals surface area contributed by atoms with Crippen LogP contribution in [0.1, 0.15) is 83.5 Å². The van der Waals surface area contributed by atoms with Crippen molar-refractivity contribution in [1.29, 1.82) is 0 Å². The standard InChI is InChI=1S/C15H29/c1-2-3-4-5-6-7-8-9-12-15-13-10-11-14-15/h15H,1-14H2. The Hall–Kier alpha value is 0.